The minimum atomic E-state index is -0.700. The summed E-state index contributed by atoms with van der Waals surface area (Å²) in [5, 5.41) is 22.2. The number of non-ortho nitro benzene ring substituents is 1. The zero-order chi connectivity index (χ0) is 25.5. The SMILES string of the molecule is COc1cc(/C=C/c2ccc([N+](=O)[O-])cc2[N+](=O)[O-])ccc1OC(=O)COc1ccc(Br)cc1Br. The largest absolute Gasteiger partial charge is 0.493 e. The Kier molecular flexibility index (Phi) is 8.55. The van der Waals surface area contributed by atoms with E-state index in [0.29, 0.717) is 15.8 Å². The van der Waals surface area contributed by atoms with Crippen LogP contribution in [-0.2, 0) is 4.79 Å². The van der Waals surface area contributed by atoms with E-state index in [2.05, 4.69) is 31.9 Å². The van der Waals surface area contributed by atoms with Crippen LogP contribution in [0.2, 0.25) is 0 Å². The van der Waals surface area contributed by atoms with Gasteiger partial charge < -0.3 is 14.2 Å². The summed E-state index contributed by atoms with van der Waals surface area (Å²) < 4.78 is 17.6. The second kappa shape index (κ2) is 11.6. The van der Waals surface area contributed by atoms with E-state index in [0.717, 1.165) is 10.5 Å². The van der Waals surface area contributed by atoms with Crippen molar-refractivity contribution in [3.63, 3.8) is 0 Å². The molecule has 0 spiro atoms. The fourth-order valence-corrected chi connectivity index (χ4v) is 4.05. The number of hydrogen-bond donors (Lipinski definition) is 0. The van der Waals surface area contributed by atoms with Crippen LogP contribution in [0.25, 0.3) is 12.2 Å². The quantitative estimate of drug-likeness (QED) is 0.0924. The van der Waals surface area contributed by atoms with Gasteiger partial charge in [-0.25, -0.2) is 4.79 Å². The van der Waals surface area contributed by atoms with Crippen molar-refractivity contribution in [1.29, 1.82) is 0 Å². The zero-order valence-electron chi connectivity index (χ0n) is 18.0. The number of carbonyl (C=O) groups is 1. The van der Waals surface area contributed by atoms with E-state index in [1.54, 1.807) is 36.4 Å². The van der Waals surface area contributed by atoms with Crippen molar-refractivity contribution in [1.82, 2.24) is 0 Å². The maximum atomic E-state index is 12.3. The van der Waals surface area contributed by atoms with Crippen molar-refractivity contribution in [2.45, 2.75) is 0 Å². The molecule has 0 amide bonds. The van der Waals surface area contributed by atoms with Gasteiger partial charge in [-0.1, -0.05) is 28.1 Å². The predicted octanol–water partition coefficient (Wildman–Crippen LogP) is 6.19. The summed E-state index contributed by atoms with van der Waals surface area (Å²) in [4.78, 5) is 33.0. The van der Waals surface area contributed by atoms with Crippen molar-refractivity contribution in [3.8, 4) is 17.2 Å². The van der Waals surface area contributed by atoms with Crippen LogP contribution in [0.1, 0.15) is 11.1 Å². The molecule has 12 heteroatoms. The topological polar surface area (TPSA) is 131 Å². The summed E-state index contributed by atoms with van der Waals surface area (Å²) in [7, 11) is 1.40. The lowest BCUT2D eigenvalue weighted by molar-refractivity contribution is -0.394. The van der Waals surface area contributed by atoms with Gasteiger partial charge in [-0.15, -0.1) is 0 Å². The van der Waals surface area contributed by atoms with Gasteiger partial charge in [0.1, 0.15) is 5.75 Å². The number of methoxy groups -OCH3 is 1. The first-order valence-electron chi connectivity index (χ1n) is 9.75. The minimum Gasteiger partial charge on any atom is -0.493 e. The van der Waals surface area contributed by atoms with Gasteiger partial charge in [0, 0.05) is 10.5 Å². The molecule has 0 saturated carbocycles. The van der Waals surface area contributed by atoms with Crippen LogP contribution < -0.4 is 14.2 Å². The van der Waals surface area contributed by atoms with E-state index in [1.807, 2.05) is 0 Å². The van der Waals surface area contributed by atoms with E-state index in [9.17, 15) is 25.0 Å². The number of hydrogen-bond acceptors (Lipinski definition) is 8. The summed E-state index contributed by atoms with van der Waals surface area (Å²) >= 11 is 6.68. The van der Waals surface area contributed by atoms with E-state index in [1.165, 1.54) is 31.4 Å². The summed E-state index contributed by atoms with van der Waals surface area (Å²) in [6.07, 6.45) is 3.02. The number of benzene rings is 3. The second-order valence-electron chi connectivity index (χ2n) is 6.84. The summed E-state index contributed by atoms with van der Waals surface area (Å²) in [6.45, 7) is -0.338. The van der Waals surface area contributed by atoms with Crippen molar-refractivity contribution in [3.05, 3.63) is 94.9 Å². The number of ether oxygens (including phenoxy) is 3. The van der Waals surface area contributed by atoms with Gasteiger partial charge in [0.15, 0.2) is 18.1 Å². The van der Waals surface area contributed by atoms with Gasteiger partial charge in [0.25, 0.3) is 11.4 Å². The number of nitro benzene ring substituents is 2. The van der Waals surface area contributed by atoms with E-state index < -0.39 is 21.5 Å². The molecule has 0 fully saturated rings. The Morgan fingerprint density at radius 2 is 1.66 bits per heavy atom. The molecule has 10 nitrogen and oxygen atoms in total. The number of nitro groups is 2. The first kappa shape index (κ1) is 25.8. The number of halogens is 2. The van der Waals surface area contributed by atoms with Crippen LogP contribution in [0.3, 0.4) is 0 Å². The molecule has 0 radical (unpaired) electrons. The highest BCUT2D eigenvalue weighted by Crippen LogP contribution is 2.31. The molecule has 0 unspecified atom stereocenters. The van der Waals surface area contributed by atoms with E-state index in [-0.39, 0.29) is 29.4 Å². The molecule has 0 aliphatic carbocycles. The number of esters is 1. The van der Waals surface area contributed by atoms with Crippen LogP contribution in [0.15, 0.2) is 63.5 Å². The lowest BCUT2D eigenvalue weighted by Gasteiger charge is -2.11. The summed E-state index contributed by atoms with van der Waals surface area (Å²) in [6, 6.07) is 13.3. The third kappa shape index (κ3) is 6.87. The third-order valence-electron chi connectivity index (χ3n) is 4.53. The van der Waals surface area contributed by atoms with Crippen molar-refractivity contribution < 1.29 is 28.9 Å². The Morgan fingerprint density at radius 3 is 2.31 bits per heavy atom. The highest BCUT2D eigenvalue weighted by molar-refractivity contribution is 9.11. The highest BCUT2D eigenvalue weighted by atomic mass is 79.9. The number of rotatable bonds is 9. The standard InChI is InChI=1S/C23H16Br2N2O8/c1-33-22-10-14(2-4-15-5-7-17(26(29)30)12-19(15)27(31)32)3-8-21(22)35-23(28)13-34-20-9-6-16(24)11-18(20)25/h2-12H,13H2,1H3/b4-2+. The molecule has 0 heterocycles. The summed E-state index contributed by atoms with van der Waals surface area (Å²) in [5.41, 5.74) is -0.000740. The smallest absolute Gasteiger partial charge is 0.349 e. The van der Waals surface area contributed by atoms with Crippen LogP contribution in [0, 0.1) is 20.2 Å². The zero-order valence-corrected chi connectivity index (χ0v) is 21.1. The fraction of sp³-hybridized carbons (Fsp3) is 0.0870. The molecule has 0 bridgehead atoms. The Bertz CT molecular complexity index is 1330. The molecule has 0 aliphatic rings. The van der Waals surface area contributed by atoms with Gasteiger partial charge >= 0.3 is 5.97 Å². The van der Waals surface area contributed by atoms with Crippen molar-refractivity contribution in [2.24, 2.45) is 0 Å². The van der Waals surface area contributed by atoms with Crippen molar-refractivity contribution in [2.75, 3.05) is 13.7 Å². The molecule has 0 saturated heterocycles. The first-order valence-corrected chi connectivity index (χ1v) is 11.3. The molecule has 3 aromatic rings. The Morgan fingerprint density at radius 1 is 0.914 bits per heavy atom. The molecule has 0 N–H and O–H groups in total. The van der Waals surface area contributed by atoms with Gasteiger partial charge in [0.2, 0.25) is 0 Å². The Hall–Kier alpha value is -3.77. The monoisotopic (exact) mass is 606 g/mol. The third-order valence-corrected chi connectivity index (χ3v) is 5.64. The van der Waals surface area contributed by atoms with Crippen LogP contribution in [0.4, 0.5) is 11.4 Å². The van der Waals surface area contributed by atoms with Crippen LogP contribution in [0.5, 0.6) is 17.2 Å². The summed E-state index contributed by atoms with van der Waals surface area (Å²) in [5.74, 6) is 0.235. The minimum absolute atomic E-state index is 0.162. The molecule has 0 atom stereocenters. The van der Waals surface area contributed by atoms with E-state index >= 15 is 0 Å². The lowest BCUT2D eigenvalue weighted by Crippen LogP contribution is -2.18. The van der Waals surface area contributed by atoms with Gasteiger partial charge in [-0.05, 0) is 64.0 Å². The lowest BCUT2D eigenvalue weighted by atomic mass is 10.1. The second-order valence-corrected chi connectivity index (χ2v) is 8.61. The maximum absolute atomic E-state index is 12.3. The van der Waals surface area contributed by atoms with Crippen LogP contribution in [-0.4, -0.2) is 29.5 Å². The normalized spacial score (nSPS) is 10.7. The Labute approximate surface area is 215 Å². The molecule has 35 heavy (non-hydrogen) atoms. The van der Waals surface area contributed by atoms with Gasteiger partial charge in [0.05, 0.1) is 33.1 Å². The predicted molar refractivity (Wildman–Crippen MR) is 135 cm³/mol. The molecular weight excluding hydrogens is 592 g/mol. The molecule has 180 valence electrons. The van der Waals surface area contributed by atoms with Crippen LogP contribution >= 0.6 is 31.9 Å². The number of nitrogens with zero attached hydrogens (tertiary/aromatic N) is 2. The molecule has 0 aromatic heterocycles. The molecular formula is C23H16Br2N2O8. The van der Waals surface area contributed by atoms with Crippen molar-refractivity contribution >= 4 is 61.4 Å². The van der Waals surface area contributed by atoms with Gasteiger partial charge in [-0.3, -0.25) is 20.2 Å². The average molecular weight is 608 g/mol. The maximum Gasteiger partial charge on any atom is 0.349 e. The molecule has 3 aromatic carbocycles. The number of carbonyl (C=O) groups excluding carboxylic acids is 1. The first-order chi connectivity index (χ1) is 16.7. The van der Waals surface area contributed by atoms with E-state index in [4.69, 9.17) is 14.2 Å². The van der Waals surface area contributed by atoms with Gasteiger partial charge in [-0.2, -0.15) is 0 Å². The fourth-order valence-electron chi connectivity index (χ4n) is 2.88. The highest BCUT2D eigenvalue weighted by Gasteiger charge is 2.18. The molecule has 3 rings (SSSR count). The average Bonchev–Trinajstić information content (AvgIpc) is 2.82. The molecule has 0 aliphatic heterocycles. The Balaban J connectivity index is 1.72.